The quantitative estimate of drug-likeness (QED) is 0.312. The summed E-state index contributed by atoms with van der Waals surface area (Å²) >= 11 is 0. The predicted molar refractivity (Wildman–Crippen MR) is 137 cm³/mol. The van der Waals surface area contributed by atoms with Crippen LogP contribution in [0.5, 0.6) is 0 Å². The standard InChI is InChI=1S/C29H28F2N4O/c1-17-10-18(12-20(32)11-17)22-8-9-33-15-19(22)13-28(36)23-6-7-25(30)24-14-21(16-34-29(23)24)35-27-5-3-2-4-26(27)31/h2-9,14-18,20,35H,10-13,32H2,1H3/t17-,18+,20-/m0/s1. The fourth-order valence-corrected chi connectivity index (χ4v) is 5.36. The number of nitrogens with one attached hydrogen (secondary N) is 1. The summed E-state index contributed by atoms with van der Waals surface area (Å²) in [6, 6.07) is 12.6. The van der Waals surface area contributed by atoms with Gasteiger partial charge in [-0.15, -0.1) is 0 Å². The number of aromatic nitrogens is 2. The molecule has 0 bridgehead atoms. The van der Waals surface area contributed by atoms with Crippen LogP contribution in [0.3, 0.4) is 0 Å². The fraction of sp³-hybridized carbons (Fsp3) is 0.276. The number of carbonyl (C=O) groups excluding carboxylic acids is 1. The van der Waals surface area contributed by atoms with E-state index in [4.69, 9.17) is 5.73 Å². The molecule has 3 atom stereocenters. The molecule has 5 nitrogen and oxygen atoms in total. The molecular weight excluding hydrogens is 458 g/mol. The van der Waals surface area contributed by atoms with E-state index in [1.165, 1.54) is 24.4 Å². The number of Topliss-reactive ketones (excluding diaryl/α,β-unsaturated/α-hetero) is 1. The van der Waals surface area contributed by atoms with Gasteiger partial charge in [-0.1, -0.05) is 19.1 Å². The number of nitrogens with zero attached hydrogens (tertiary/aromatic N) is 2. The SMILES string of the molecule is C[C@@H]1C[C@H](N)C[C@H](c2ccncc2CC(=O)c2ccc(F)c3cc(Nc4ccccc4F)cnc23)C1. The van der Waals surface area contributed by atoms with Gasteiger partial charge in [-0.3, -0.25) is 14.8 Å². The van der Waals surface area contributed by atoms with Gasteiger partial charge in [0.15, 0.2) is 5.78 Å². The minimum atomic E-state index is -0.501. The normalized spacial score (nSPS) is 19.8. The van der Waals surface area contributed by atoms with Gasteiger partial charge in [0.1, 0.15) is 11.6 Å². The number of hydrogen-bond acceptors (Lipinski definition) is 5. The molecule has 1 saturated carbocycles. The average Bonchev–Trinajstić information content (AvgIpc) is 2.85. The number of benzene rings is 2. The zero-order valence-corrected chi connectivity index (χ0v) is 20.0. The lowest BCUT2D eigenvalue weighted by molar-refractivity contribution is 0.0994. The Balaban J connectivity index is 1.44. The van der Waals surface area contributed by atoms with E-state index >= 15 is 0 Å². The Labute approximate surface area is 208 Å². The summed E-state index contributed by atoms with van der Waals surface area (Å²) in [6.45, 7) is 2.21. The van der Waals surface area contributed by atoms with Crippen molar-refractivity contribution in [3.05, 3.63) is 95.4 Å². The van der Waals surface area contributed by atoms with Gasteiger partial charge in [0, 0.05) is 35.8 Å². The Kier molecular flexibility index (Phi) is 6.74. The van der Waals surface area contributed by atoms with Crippen LogP contribution < -0.4 is 11.1 Å². The molecule has 2 aromatic carbocycles. The first kappa shape index (κ1) is 24.0. The van der Waals surface area contributed by atoms with Crippen molar-refractivity contribution in [1.29, 1.82) is 0 Å². The van der Waals surface area contributed by atoms with E-state index in [-0.39, 0.29) is 40.8 Å². The van der Waals surface area contributed by atoms with Crippen LogP contribution in [0, 0.1) is 17.6 Å². The van der Waals surface area contributed by atoms with Gasteiger partial charge in [-0.25, -0.2) is 8.78 Å². The molecule has 7 heteroatoms. The molecule has 1 aliphatic rings. The number of fused-ring (bicyclic) bond motifs is 1. The summed E-state index contributed by atoms with van der Waals surface area (Å²) < 4.78 is 28.8. The molecule has 4 aromatic rings. The van der Waals surface area contributed by atoms with E-state index in [9.17, 15) is 13.6 Å². The van der Waals surface area contributed by atoms with Crippen LogP contribution in [0.2, 0.25) is 0 Å². The van der Waals surface area contributed by atoms with Gasteiger partial charge >= 0.3 is 0 Å². The summed E-state index contributed by atoms with van der Waals surface area (Å²) in [5.41, 5.74) is 9.56. The maximum Gasteiger partial charge on any atom is 0.169 e. The van der Waals surface area contributed by atoms with E-state index in [1.807, 2.05) is 6.07 Å². The number of nitrogens with two attached hydrogens (primary N) is 1. The molecule has 2 heterocycles. The molecule has 0 aliphatic heterocycles. The highest BCUT2D eigenvalue weighted by atomic mass is 19.1. The molecule has 1 aliphatic carbocycles. The monoisotopic (exact) mass is 486 g/mol. The molecule has 0 saturated heterocycles. The lowest BCUT2D eigenvalue weighted by Gasteiger charge is -2.32. The highest BCUT2D eigenvalue weighted by Crippen LogP contribution is 2.37. The molecule has 0 amide bonds. The van der Waals surface area contributed by atoms with Crippen molar-refractivity contribution in [2.75, 3.05) is 5.32 Å². The van der Waals surface area contributed by atoms with Crippen molar-refractivity contribution in [2.45, 2.75) is 44.6 Å². The first-order valence-electron chi connectivity index (χ1n) is 12.2. The lowest BCUT2D eigenvalue weighted by atomic mass is 9.75. The third-order valence-electron chi connectivity index (χ3n) is 6.96. The van der Waals surface area contributed by atoms with Crippen LogP contribution in [0.1, 0.15) is 53.6 Å². The highest BCUT2D eigenvalue weighted by molar-refractivity contribution is 6.08. The zero-order chi connectivity index (χ0) is 25.2. The van der Waals surface area contributed by atoms with Crippen LogP contribution in [-0.4, -0.2) is 21.8 Å². The molecule has 184 valence electrons. The van der Waals surface area contributed by atoms with Crippen LogP contribution in [0.4, 0.5) is 20.2 Å². The number of pyridine rings is 2. The Hall–Kier alpha value is -3.71. The minimum Gasteiger partial charge on any atom is -0.352 e. The summed E-state index contributed by atoms with van der Waals surface area (Å²) in [7, 11) is 0. The van der Waals surface area contributed by atoms with Crippen LogP contribution in [0.15, 0.2) is 67.1 Å². The molecule has 0 unspecified atom stereocenters. The van der Waals surface area contributed by atoms with Crippen molar-refractivity contribution in [2.24, 2.45) is 11.7 Å². The third-order valence-corrected chi connectivity index (χ3v) is 6.96. The third kappa shape index (κ3) is 4.97. The molecule has 0 radical (unpaired) electrons. The second-order valence-electron chi connectivity index (χ2n) is 9.76. The van der Waals surface area contributed by atoms with E-state index in [1.54, 1.807) is 36.7 Å². The predicted octanol–water partition coefficient (Wildman–Crippen LogP) is 6.31. The van der Waals surface area contributed by atoms with Gasteiger partial charge in [-0.2, -0.15) is 0 Å². The van der Waals surface area contributed by atoms with Crippen LogP contribution >= 0.6 is 0 Å². The maximum absolute atomic E-state index is 14.8. The number of halogens is 2. The number of ketones is 1. The van der Waals surface area contributed by atoms with E-state index in [2.05, 4.69) is 22.2 Å². The highest BCUT2D eigenvalue weighted by Gasteiger charge is 2.27. The van der Waals surface area contributed by atoms with Gasteiger partial charge in [0.2, 0.25) is 0 Å². The topological polar surface area (TPSA) is 80.9 Å². The van der Waals surface area contributed by atoms with E-state index < -0.39 is 11.6 Å². The fourth-order valence-electron chi connectivity index (χ4n) is 5.36. The molecule has 5 rings (SSSR count). The number of rotatable bonds is 6. The van der Waals surface area contributed by atoms with Gasteiger partial charge in [0.05, 0.1) is 23.1 Å². The Bertz CT molecular complexity index is 1410. The van der Waals surface area contributed by atoms with Gasteiger partial charge in [0.25, 0.3) is 0 Å². The van der Waals surface area contributed by atoms with E-state index in [0.717, 1.165) is 30.4 Å². The summed E-state index contributed by atoms with van der Waals surface area (Å²) in [5.74, 6) is -0.289. The van der Waals surface area contributed by atoms with Crippen molar-refractivity contribution >= 4 is 28.1 Å². The Morgan fingerprint density at radius 1 is 1.06 bits per heavy atom. The summed E-state index contributed by atoms with van der Waals surface area (Å²) in [5, 5.41) is 3.12. The van der Waals surface area contributed by atoms with Crippen molar-refractivity contribution in [3.63, 3.8) is 0 Å². The van der Waals surface area contributed by atoms with Crippen LogP contribution in [0.25, 0.3) is 10.9 Å². The Morgan fingerprint density at radius 2 is 1.89 bits per heavy atom. The second kappa shape index (κ2) is 10.1. The molecule has 2 aromatic heterocycles. The first-order valence-corrected chi connectivity index (χ1v) is 12.2. The maximum atomic E-state index is 14.8. The molecule has 0 spiro atoms. The average molecular weight is 487 g/mol. The smallest absolute Gasteiger partial charge is 0.169 e. The number of carbonyl (C=O) groups is 1. The summed E-state index contributed by atoms with van der Waals surface area (Å²) in [6.07, 6.45) is 8.04. The molecule has 3 N–H and O–H groups in total. The Morgan fingerprint density at radius 3 is 2.69 bits per heavy atom. The molecular formula is C29H28F2N4O. The number of anilines is 2. The largest absolute Gasteiger partial charge is 0.352 e. The molecule has 36 heavy (non-hydrogen) atoms. The zero-order valence-electron chi connectivity index (χ0n) is 20.0. The number of hydrogen-bond donors (Lipinski definition) is 2. The van der Waals surface area contributed by atoms with Crippen molar-refractivity contribution < 1.29 is 13.6 Å². The van der Waals surface area contributed by atoms with Gasteiger partial charge in [-0.05, 0) is 78.6 Å². The van der Waals surface area contributed by atoms with E-state index in [0.29, 0.717) is 17.2 Å². The second-order valence-corrected chi connectivity index (χ2v) is 9.76. The van der Waals surface area contributed by atoms with Crippen LogP contribution in [-0.2, 0) is 6.42 Å². The van der Waals surface area contributed by atoms with Crippen molar-refractivity contribution in [1.82, 2.24) is 9.97 Å². The lowest BCUT2D eigenvalue weighted by Crippen LogP contribution is -2.31. The van der Waals surface area contributed by atoms with Crippen molar-refractivity contribution in [3.8, 4) is 0 Å². The molecule has 1 fully saturated rings. The number of para-hydroxylation sites is 1. The minimum absolute atomic E-state index is 0.140. The first-order chi connectivity index (χ1) is 17.4. The summed E-state index contributed by atoms with van der Waals surface area (Å²) in [4.78, 5) is 22.1. The van der Waals surface area contributed by atoms with Gasteiger partial charge < -0.3 is 11.1 Å².